The monoisotopic (exact) mass is 457 g/mol. The second-order valence-corrected chi connectivity index (χ2v) is 8.62. The van der Waals surface area contributed by atoms with Crippen molar-refractivity contribution < 1.29 is 23.9 Å². The molecule has 0 spiro atoms. The number of hydrogen-bond donors (Lipinski definition) is 2. The molecule has 3 amide bonds. The molecule has 0 radical (unpaired) electrons. The summed E-state index contributed by atoms with van der Waals surface area (Å²) in [5.74, 6) is -1.29. The lowest BCUT2D eigenvalue weighted by Crippen LogP contribution is -2.43. The predicted molar refractivity (Wildman–Crippen MR) is 121 cm³/mol. The zero-order chi connectivity index (χ0) is 22.9. The van der Waals surface area contributed by atoms with E-state index in [1.165, 1.54) is 18.3 Å². The fraction of sp³-hybridized carbons (Fsp3) is 0.391. The van der Waals surface area contributed by atoms with Gasteiger partial charge in [0.25, 0.3) is 5.91 Å². The molecular weight excluding hydrogens is 430 g/mol. The number of piperidine rings is 1. The molecule has 0 saturated carbocycles. The van der Waals surface area contributed by atoms with Crippen molar-refractivity contribution in [2.24, 2.45) is 5.92 Å². The highest BCUT2D eigenvalue weighted by Gasteiger charge is 2.28. The Hall–Kier alpha value is -3.20. The van der Waals surface area contributed by atoms with Crippen LogP contribution in [0.1, 0.15) is 37.1 Å². The van der Waals surface area contributed by atoms with Gasteiger partial charge in [-0.2, -0.15) is 0 Å². The highest BCUT2D eigenvalue weighted by atomic mass is 32.1. The predicted octanol–water partition coefficient (Wildman–Crippen LogP) is 2.74. The van der Waals surface area contributed by atoms with Gasteiger partial charge in [0.05, 0.1) is 12.5 Å². The van der Waals surface area contributed by atoms with Crippen molar-refractivity contribution >= 4 is 40.7 Å². The number of thiophene rings is 1. The Kier molecular flexibility index (Phi) is 8.38. The molecule has 9 heteroatoms. The number of nitrogens with zero attached hydrogens (tertiary/aromatic N) is 1. The quantitative estimate of drug-likeness (QED) is 0.593. The number of rotatable bonds is 8. The van der Waals surface area contributed by atoms with E-state index in [1.54, 1.807) is 4.90 Å². The lowest BCUT2D eigenvalue weighted by Gasteiger charge is -2.31. The molecule has 1 aromatic carbocycles. The van der Waals surface area contributed by atoms with Crippen molar-refractivity contribution in [3.63, 3.8) is 0 Å². The molecule has 1 aliphatic heterocycles. The van der Waals surface area contributed by atoms with Crippen LogP contribution in [0.5, 0.6) is 0 Å². The molecule has 170 valence electrons. The van der Waals surface area contributed by atoms with Gasteiger partial charge in [0.15, 0.2) is 6.61 Å². The molecule has 1 aromatic heterocycles. The van der Waals surface area contributed by atoms with Gasteiger partial charge in [0.2, 0.25) is 11.8 Å². The Morgan fingerprint density at radius 3 is 2.44 bits per heavy atom. The molecule has 1 aliphatic rings. The van der Waals surface area contributed by atoms with Gasteiger partial charge in [-0.3, -0.25) is 19.2 Å². The van der Waals surface area contributed by atoms with Crippen LogP contribution in [0.25, 0.3) is 0 Å². The molecular formula is C23H27N3O5S. The van der Waals surface area contributed by atoms with Crippen molar-refractivity contribution in [1.29, 1.82) is 0 Å². The van der Waals surface area contributed by atoms with Gasteiger partial charge < -0.3 is 20.3 Å². The highest BCUT2D eigenvalue weighted by Crippen LogP contribution is 2.23. The lowest BCUT2D eigenvalue weighted by atomic mass is 9.95. The maximum Gasteiger partial charge on any atom is 0.308 e. The minimum atomic E-state index is -0.553. The number of ether oxygens (including phenoxy) is 1. The topological polar surface area (TPSA) is 105 Å². The van der Waals surface area contributed by atoms with E-state index in [1.807, 2.05) is 47.8 Å². The van der Waals surface area contributed by atoms with Gasteiger partial charge in [-0.25, -0.2) is 0 Å². The summed E-state index contributed by atoms with van der Waals surface area (Å²) in [6, 6.07) is 12.5. The van der Waals surface area contributed by atoms with Crippen LogP contribution in [0.2, 0.25) is 0 Å². The number of anilines is 1. The summed E-state index contributed by atoms with van der Waals surface area (Å²) in [5.41, 5.74) is 0.753. The Balaban J connectivity index is 1.41. The largest absolute Gasteiger partial charge is 0.455 e. The summed E-state index contributed by atoms with van der Waals surface area (Å²) in [6.45, 7) is 1.91. The van der Waals surface area contributed by atoms with Crippen molar-refractivity contribution in [3.8, 4) is 0 Å². The Morgan fingerprint density at radius 1 is 1.09 bits per heavy atom. The number of esters is 1. The van der Waals surface area contributed by atoms with Crippen LogP contribution < -0.4 is 10.6 Å². The van der Waals surface area contributed by atoms with Crippen LogP contribution >= 0.6 is 11.3 Å². The number of hydrogen-bond acceptors (Lipinski definition) is 6. The number of carbonyl (C=O) groups excluding carboxylic acids is 4. The second kappa shape index (κ2) is 11.4. The van der Waals surface area contributed by atoms with Gasteiger partial charge in [-0.05, 0) is 36.4 Å². The van der Waals surface area contributed by atoms with Crippen LogP contribution in [-0.2, 0) is 23.9 Å². The van der Waals surface area contributed by atoms with Crippen LogP contribution in [-0.4, -0.2) is 48.3 Å². The van der Waals surface area contributed by atoms with Crippen LogP contribution in [0.3, 0.4) is 0 Å². The maximum atomic E-state index is 12.4. The average molecular weight is 458 g/mol. The highest BCUT2D eigenvalue weighted by molar-refractivity contribution is 7.10. The normalized spacial score (nSPS) is 15.0. The fourth-order valence-corrected chi connectivity index (χ4v) is 4.35. The molecule has 2 aromatic rings. The second-order valence-electron chi connectivity index (χ2n) is 7.64. The molecule has 0 bridgehead atoms. The van der Waals surface area contributed by atoms with E-state index in [9.17, 15) is 19.2 Å². The molecule has 0 aliphatic carbocycles. The van der Waals surface area contributed by atoms with Gasteiger partial charge >= 0.3 is 5.97 Å². The number of amides is 3. The maximum absolute atomic E-state index is 12.4. The molecule has 1 saturated heterocycles. The third kappa shape index (κ3) is 6.91. The van der Waals surface area contributed by atoms with Crippen molar-refractivity contribution in [2.75, 3.05) is 25.0 Å². The summed E-state index contributed by atoms with van der Waals surface area (Å²) >= 11 is 1.43. The van der Waals surface area contributed by atoms with Crippen molar-refractivity contribution in [1.82, 2.24) is 10.2 Å². The lowest BCUT2D eigenvalue weighted by molar-refractivity contribution is -0.153. The first-order valence-electron chi connectivity index (χ1n) is 10.5. The first kappa shape index (κ1) is 23.5. The molecule has 8 nitrogen and oxygen atoms in total. The smallest absolute Gasteiger partial charge is 0.308 e. The number of carbonyl (C=O) groups is 4. The van der Waals surface area contributed by atoms with Gasteiger partial charge in [0.1, 0.15) is 0 Å². The Morgan fingerprint density at radius 2 is 1.81 bits per heavy atom. The van der Waals surface area contributed by atoms with Crippen molar-refractivity contribution in [3.05, 3.63) is 52.7 Å². The Bertz CT molecular complexity index is 924. The first-order valence-corrected chi connectivity index (χ1v) is 11.4. The molecule has 32 heavy (non-hydrogen) atoms. The third-order valence-electron chi connectivity index (χ3n) is 5.25. The average Bonchev–Trinajstić information content (AvgIpc) is 3.32. The van der Waals surface area contributed by atoms with Crippen LogP contribution in [0.4, 0.5) is 5.69 Å². The number of para-hydroxylation sites is 1. The SMILES string of the molecule is CC(=O)N[C@H](CC(=O)OCC(=O)N1CCC(C(=O)Nc2ccccc2)CC1)c1cccs1. The summed E-state index contributed by atoms with van der Waals surface area (Å²) in [4.78, 5) is 51.0. The number of nitrogens with one attached hydrogen (secondary N) is 2. The van der Waals surface area contributed by atoms with Crippen molar-refractivity contribution in [2.45, 2.75) is 32.2 Å². The molecule has 3 rings (SSSR count). The van der Waals surface area contributed by atoms with E-state index >= 15 is 0 Å². The fourth-order valence-electron chi connectivity index (χ4n) is 3.57. The minimum Gasteiger partial charge on any atom is -0.455 e. The molecule has 2 N–H and O–H groups in total. The summed E-state index contributed by atoms with van der Waals surface area (Å²) in [7, 11) is 0. The molecule has 2 heterocycles. The minimum absolute atomic E-state index is 0.0465. The van der Waals surface area contributed by atoms with E-state index in [-0.39, 0.29) is 36.7 Å². The van der Waals surface area contributed by atoms with Gasteiger partial charge in [-0.15, -0.1) is 11.3 Å². The van der Waals surface area contributed by atoms with E-state index in [4.69, 9.17) is 4.74 Å². The van der Waals surface area contributed by atoms with Gasteiger partial charge in [0, 0.05) is 36.5 Å². The Labute approximate surface area is 190 Å². The standard InChI is InChI=1S/C23H27N3O5S/c1-16(27)24-19(20-8-5-13-32-20)14-22(29)31-15-21(28)26-11-9-17(10-12-26)23(30)25-18-6-3-2-4-7-18/h2-8,13,17,19H,9-12,14-15H2,1H3,(H,24,27)(H,25,30)/t19-/m1/s1. The summed E-state index contributed by atoms with van der Waals surface area (Å²) in [6.07, 6.45) is 1.07. The van der Waals surface area contributed by atoms with Crippen LogP contribution in [0, 0.1) is 5.92 Å². The first-order chi connectivity index (χ1) is 15.4. The molecule has 1 fully saturated rings. The molecule has 0 unspecified atom stereocenters. The third-order valence-corrected chi connectivity index (χ3v) is 6.24. The van der Waals surface area contributed by atoms with E-state index in [0.717, 1.165) is 10.6 Å². The van der Waals surface area contributed by atoms with E-state index in [2.05, 4.69) is 10.6 Å². The van der Waals surface area contributed by atoms with Crippen LogP contribution in [0.15, 0.2) is 47.8 Å². The molecule has 1 atom stereocenters. The number of likely N-dealkylation sites (tertiary alicyclic amines) is 1. The number of benzene rings is 1. The zero-order valence-electron chi connectivity index (χ0n) is 17.9. The zero-order valence-corrected chi connectivity index (χ0v) is 18.7. The summed E-state index contributed by atoms with van der Waals surface area (Å²) in [5, 5.41) is 7.50. The van der Waals surface area contributed by atoms with Gasteiger partial charge in [-0.1, -0.05) is 24.3 Å². The van der Waals surface area contributed by atoms with E-state index < -0.39 is 12.0 Å². The van der Waals surface area contributed by atoms with E-state index in [0.29, 0.717) is 25.9 Å². The summed E-state index contributed by atoms with van der Waals surface area (Å²) < 4.78 is 5.16.